The summed E-state index contributed by atoms with van der Waals surface area (Å²) in [6.45, 7) is 2.15. The van der Waals surface area contributed by atoms with Gasteiger partial charge in [0.05, 0.1) is 5.56 Å². The summed E-state index contributed by atoms with van der Waals surface area (Å²) >= 11 is 0. The molecular weight excluding hydrogens is 265 g/mol. The van der Waals surface area contributed by atoms with Gasteiger partial charge < -0.3 is 5.73 Å². The van der Waals surface area contributed by atoms with Crippen LogP contribution in [0.3, 0.4) is 0 Å². The summed E-state index contributed by atoms with van der Waals surface area (Å²) in [4.78, 5) is 3.77. The van der Waals surface area contributed by atoms with E-state index in [9.17, 15) is 13.2 Å². The van der Waals surface area contributed by atoms with Gasteiger partial charge in [-0.15, -0.1) is 0 Å². The normalized spacial score (nSPS) is 13.4. The molecule has 1 rings (SSSR count). The number of nitrogens with zero attached hydrogens (tertiary/aromatic N) is 1. The van der Waals surface area contributed by atoms with Crippen LogP contribution in [0.15, 0.2) is 18.5 Å². The van der Waals surface area contributed by atoms with E-state index in [1.165, 1.54) is 25.5 Å². The van der Waals surface area contributed by atoms with Crippen molar-refractivity contribution in [2.45, 2.75) is 64.1 Å². The van der Waals surface area contributed by atoms with Gasteiger partial charge in [0.25, 0.3) is 0 Å². The average molecular weight is 288 g/mol. The molecule has 0 spiro atoms. The van der Waals surface area contributed by atoms with Crippen molar-refractivity contribution >= 4 is 0 Å². The third kappa shape index (κ3) is 5.49. The zero-order valence-corrected chi connectivity index (χ0v) is 11.9. The predicted octanol–water partition coefficient (Wildman–Crippen LogP) is 4.85. The van der Waals surface area contributed by atoms with Crippen molar-refractivity contribution in [1.29, 1.82) is 0 Å². The van der Waals surface area contributed by atoms with Crippen LogP contribution in [0.5, 0.6) is 0 Å². The van der Waals surface area contributed by atoms with E-state index in [0.29, 0.717) is 6.42 Å². The zero-order valence-electron chi connectivity index (χ0n) is 11.9. The molecule has 0 saturated heterocycles. The lowest BCUT2D eigenvalue weighted by molar-refractivity contribution is -0.138. The topological polar surface area (TPSA) is 38.9 Å². The highest BCUT2D eigenvalue weighted by Gasteiger charge is 2.34. The minimum absolute atomic E-state index is 0.105. The molecule has 114 valence electrons. The number of hydrogen-bond donors (Lipinski definition) is 1. The number of halogens is 3. The number of rotatable bonds is 8. The van der Waals surface area contributed by atoms with E-state index in [0.717, 1.165) is 31.5 Å². The van der Waals surface area contributed by atoms with Gasteiger partial charge in [-0.3, -0.25) is 4.98 Å². The van der Waals surface area contributed by atoms with E-state index in [-0.39, 0.29) is 5.56 Å². The molecule has 5 heteroatoms. The van der Waals surface area contributed by atoms with Gasteiger partial charge in [-0.1, -0.05) is 45.4 Å². The minimum Gasteiger partial charge on any atom is -0.324 e. The SMILES string of the molecule is CCCCCCCCC(N)c1cnccc1C(F)(F)F. The van der Waals surface area contributed by atoms with Crippen molar-refractivity contribution in [1.82, 2.24) is 4.98 Å². The van der Waals surface area contributed by atoms with Crippen LogP contribution < -0.4 is 5.73 Å². The van der Waals surface area contributed by atoms with Gasteiger partial charge in [0.1, 0.15) is 0 Å². The quantitative estimate of drug-likeness (QED) is 0.694. The fourth-order valence-corrected chi connectivity index (χ4v) is 2.26. The molecule has 0 aromatic carbocycles. The lowest BCUT2D eigenvalue weighted by Gasteiger charge is -2.17. The fourth-order valence-electron chi connectivity index (χ4n) is 2.26. The maximum atomic E-state index is 12.9. The Bertz CT molecular complexity index is 391. The molecular formula is C15H23F3N2. The Morgan fingerprint density at radius 2 is 1.80 bits per heavy atom. The molecule has 1 aromatic rings. The van der Waals surface area contributed by atoms with E-state index in [4.69, 9.17) is 5.73 Å². The third-order valence-electron chi connectivity index (χ3n) is 3.43. The Morgan fingerprint density at radius 1 is 1.15 bits per heavy atom. The first-order valence-electron chi connectivity index (χ1n) is 7.23. The molecule has 0 bridgehead atoms. The molecule has 2 nitrogen and oxygen atoms in total. The van der Waals surface area contributed by atoms with Gasteiger partial charge >= 0.3 is 6.18 Å². The molecule has 0 saturated carbocycles. The molecule has 0 radical (unpaired) electrons. The maximum Gasteiger partial charge on any atom is 0.416 e. The first-order valence-corrected chi connectivity index (χ1v) is 7.23. The summed E-state index contributed by atoms with van der Waals surface area (Å²) in [6.07, 6.45) is 5.20. The smallest absolute Gasteiger partial charge is 0.324 e. The molecule has 2 N–H and O–H groups in total. The number of pyridine rings is 1. The minimum atomic E-state index is -4.36. The Kier molecular flexibility index (Phi) is 6.99. The predicted molar refractivity (Wildman–Crippen MR) is 74.2 cm³/mol. The molecule has 0 aliphatic heterocycles. The van der Waals surface area contributed by atoms with Crippen LogP contribution in [0.2, 0.25) is 0 Å². The van der Waals surface area contributed by atoms with Gasteiger partial charge in [0.15, 0.2) is 0 Å². The van der Waals surface area contributed by atoms with E-state index in [1.54, 1.807) is 0 Å². The highest BCUT2D eigenvalue weighted by molar-refractivity contribution is 5.28. The summed E-state index contributed by atoms with van der Waals surface area (Å²) in [5.74, 6) is 0. The van der Waals surface area contributed by atoms with Crippen molar-refractivity contribution in [3.05, 3.63) is 29.6 Å². The standard InChI is InChI=1S/C15H23F3N2/c1-2-3-4-5-6-7-8-14(19)12-11-20-10-9-13(12)15(16,17)18/h9-11,14H,2-8,19H2,1H3. The van der Waals surface area contributed by atoms with Crippen molar-refractivity contribution < 1.29 is 13.2 Å². The first kappa shape index (κ1) is 17.0. The summed E-state index contributed by atoms with van der Waals surface area (Å²) in [5, 5.41) is 0. The molecule has 1 unspecified atom stereocenters. The maximum absolute atomic E-state index is 12.9. The lowest BCUT2D eigenvalue weighted by atomic mass is 9.97. The Balaban J connectivity index is 2.49. The molecule has 0 fully saturated rings. The lowest BCUT2D eigenvalue weighted by Crippen LogP contribution is -2.17. The van der Waals surface area contributed by atoms with Crippen LogP contribution in [0, 0.1) is 0 Å². The van der Waals surface area contributed by atoms with Crippen LogP contribution in [0.1, 0.15) is 69.0 Å². The Hall–Kier alpha value is -1.10. The van der Waals surface area contributed by atoms with Gasteiger partial charge in [0, 0.05) is 18.4 Å². The number of nitrogens with two attached hydrogens (primary N) is 1. The largest absolute Gasteiger partial charge is 0.416 e. The van der Waals surface area contributed by atoms with Gasteiger partial charge in [-0.25, -0.2) is 0 Å². The number of aromatic nitrogens is 1. The monoisotopic (exact) mass is 288 g/mol. The average Bonchev–Trinajstić information content (AvgIpc) is 2.41. The van der Waals surface area contributed by atoms with Gasteiger partial charge in [-0.05, 0) is 18.1 Å². The van der Waals surface area contributed by atoms with Crippen molar-refractivity contribution in [2.24, 2.45) is 5.73 Å². The van der Waals surface area contributed by atoms with Crippen LogP contribution in [0.4, 0.5) is 13.2 Å². The number of alkyl halides is 3. The second-order valence-electron chi connectivity index (χ2n) is 5.12. The number of hydrogen-bond acceptors (Lipinski definition) is 2. The molecule has 20 heavy (non-hydrogen) atoms. The molecule has 0 amide bonds. The summed E-state index contributed by atoms with van der Waals surface area (Å²) in [6, 6.07) is 0.405. The Morgan fingerprint density at radius 3 is 2.45 bits per heavy atom. The molecule has 0 aliphatic rings. The van der Waals surface area contributed by atoms with Crippen LogP contribution in [0.25, 0.3) is 0 Å². The molecule has 1 aromatic heterocycles. The van der Waals surface area contributed by atoms with E-state index >= 15 is 0 Å². The summed E-state index contributed by atoms with van der Waals surface area (Å²) in [5.41, 5.74) is 5.34. The highest BCUT2D eigenvalue weighted by atomic mass is 19.4. The Labute approximate surface area is 118 Å². The third-order valence-corrected chi connectivity index (χ3v) is 3.43. The molecule has 1 heterocycles. The first-order chi connectivity index (χ1) is 9.46. The molecule has 1 atom stereocenters. The van der Waals surface area contributed by atoms with Crippen LogP contribution in [-0.4, -0.2) is 4.98 Å². The second kappa shape index (κ2) is 8.25. The second-order valence-corrected chi connectivity index (χ2v) is 5.12. The van der Waals surface area contributed by atoms with Crippen molar-refractivity contribution in [3.8, 4) is 0 Å². The molecule has 0 aliphatic carbocycles. The fraction of sp³-hybridized carbons (Fsp3) is 0.667. The van der Waals surface area contributed by atoms with Gasteiger partial charge in [0.2, 0.25) is 0 Å². The van der Waals surface area contributed by atoms with Crippen molar-refractivity contribution in [2.75, 3.05) is 0 Å². The van der Waals surface area contributed by atoms with E-state index in [1.807, 2.05) is 0 Å². The van der Waals surface area contributed by atoms with Crippen LogP contribution in [-0.2, 0) is 6.18 Å². The zero-order chi connectivity index (χ0) is 15.0. The summed E-state index contributed by atoms with van der Waals surface area (Å²) in [7, 11) is 0. The van der Waals surface area contributed by atoms with E-state index < -0.39 is 17.8 Å². The van der Waals surface area contributed by atoms with E-state index in [2.05, 4.69) is 11.9 Å². The highest BCUT2D eigenvalue weighted by Crippen LogP contribution is 2.34. The number of unbranched alkanes of at least 4 members (excludes halogenated alkanes) is 5. The van der Waals surface area contributed by atoms with Gasteiger partial charge in [-0.2, -0.15) is 13.2 Å². The summed E-state index contributed by atoms with van der Waals surface area (Å²) < 4.78 is 38.6. The van der Waals surface area contributed by atoms with Crippen molar-refractivity contribution in [3.63, 3.8) is 0 Å². The van der Waals surface area contributed by atoms with Crippen LogP contribution >= 0.6 is 0 Å².